The molecule has 236 valence electrons. The van der Waals surface area contributed by atoms with Gasteiger partial charge in [0.15, 0.2) is 0 Å². The Morgan fingerprint density at radius 1 is 0.756 bits per heavy atom. The number of sulfonamides is 1. The van der Waals surface area contributed by atoms with Gasteiger partial charge in [0.25, 0.3) is 10.0 Å². The monoisotopic (exact) mass is 705 g/mol. The van der Waals surface area contributed by atoms with Gasteiger partial charge < -0.3 is 10.2 Å². The van der Waals surface area contributed by atoms with Gasteiger partial charge in [-0.05, 0) is 60.0 Å². The summed E-state index contributed by atoms with van der Waals surface area (Å²) in [5.74, 6) is -1.000. The molecule has 4 aromatic carbocycles. The fraction of sp³-hybridized carbons (Fsp3) is 0.212. The first-order valence-electron chi connectivity index (χ1n) is 14.1. The third kappa shape index (κ3) is 8.93. The quantitative estimate of drug-likeness (QED) is 0.155. The van der Waals surface area contributed by atoms with Crippen molar-refractivity contribution in [3.8, 4) is 0 Å². The number of halogens is 4. The van der Waals surface area contributed by atoms with Gasteiger partial charge in [-0.3, -0.25) is 13.9 Å². The molecule has 0 aliphatic rings. The third-order valence-electron chi connectivity index (χ3n) is 6.96. The molecule has 7 nitrogen and oxygen atoms in total. The zero-order valence-electron chi connectivity index (χ0n) is 24.3. The van der Waals surface area contributed by atoms with Crippen molar-refractivity contribution in [1.29, 1.82) is 0 Å². The number of benzene rings is 4. The van der Waals surface area contributed by atoms with Crippen LogP contribution in [-0.4, -0.2) is 44.3 Å². The molecule has 2 amide bonds. The van der Waals surface area contributed by atoms with E-state index in [1.807, 2.05) is 37.3 Å². The summed E-state index contributed by atoms with van der Waals surface area (Å²) in [4.78, 5) is 29.5. The highest BCUT2D eigenvalue weighted by molar-refractivity contribution is 7.92. The molecule has 4 aromatic rings. The van der Waals surface area contributed by atoms with Crippen LogP contribution < -0.4 is 9.62 Å². The van der Waals surface area contributed by atoms with Crippen LogP contribution in [0, 0.1) is 0 Å². The lowest BCUT2D eigenvalue weighted by atomic mass is 10.0. The number of nitrogens with one attached hydrogen (secondary N) is 1. The number of amides is 2. The largest absolute Gasteiger partial charge is 0.354 e. The second-order valence-electron chi connectivity index (χ2n) is 10.2. The van der Waals surface area contributed by atoms with Crippen LogP contribution in [0.2, 0.25) is 20.1 Å². The van der Waals surface area contributed by atoms with Crippen molar-refractivity contribution in [1.82, 2.24) is 10.2 Å². The van der Waals surface area contributed by atoms with Gasteiger partial charge in [0.2, 0.25) is 11.8 Å². The first kappa shape index (κ1) is 34.6. The molecule has 0 saturated carbocycles. The molecule has 0 bridgehead atoms. The van der Waals surface area contributed by atoms with E-state index in [2.05, 4.69) is 5.32 Å². The number of hydrogen-bond acceptors (Lipinski definition) is 4. The molecule has 0 radical (unpaired) electrons. The van der Waals surface area contributed by atoms with Gasteiger partial charge in [-0.25, -0.2) is 8.42 Å². The molecule has 0 unspecified atom stereocenters. The van der Waals surface area contributed by atoms with Crippen molar-refractivity contribution < 1.29 is 18.0 Å². The number of hydrogen-bond donors (Lipinski definition) is 1. The number of carbonyl (C=O) groups excluding carboxylic acids is 2. The maximum Gasteiger partial charge on any atom is 0.264 e. The van der Waals surface area contributed by atoms with Crippen molar-refractivity contribution in [3.63, 3.8) is 0 Å². The number of nitrogens with zero attached hydrogens (tertiary/aromatic N) is 2. The predicted molar refractivity (Wildman–Crippen MR) is 182 cm³/mol. The van der Waals surface area contributed by atoms with E-state index in [1.165, 1.54) is 35.2 Å². The summed E-state index contributed by atoms with van der Waals surface area (Å²) in [6.45, 7) is 1.64. The SMILES string of the molecule is CCCNC(=O)[C@@H](Cc1ccccc1)N(Cc1ccc(Cl)c(Cl)c1)C(=O)CN(c1ccc(Cl)c(Cl)c1)S(=O)(=O)c1ccccc1. The summed E-state index contributed by atoms with van der Waals surface area (Å²) >= 11 is 24.9. The molecule has 0 heterocycles. The highest BCUT2D eigenvalue weighted by atomic mass is 35.5. The molecular weight excluding hydrogens is 676 g/mol. The standard InChI is InChI=1S/C33H31Cl4N3O4S/c1-2-17-38-33(42)31(19-23-9-5-3-6-10-23)39(21-24-13-15-27(34)29(36)18-24)32(41)22-40(25-14-16-28(35)30(37)20-25)45(43,44)26-11-7-4-8-12-26/h3-16,18,20,31H,2,17,19,21-22H2,1H3,(H,38,42)/t31-/m1/s1. The first-order chi connectivity index (χ1) is 21.5. The van der Waals surface area contributed by atoms with Gasteiger partial charge in [0, 0.05) is 19.5 Å². The lowest BCUT2D eigenvalue weighted by Gasteiger charge is -2.34. The van der Waals surface area contributed by atoms with Crippen LogP contribution >= 0.6 is 46.4 Å². The minimum absolute atomic E-state index is 0.0265. The second kappa shape index (κ2) is 15.8. The smallest absolute Gasteiger partial charge is 0.264 e. The Kier molecular flexibility index (Phi) is 12.2. The van der Waals surface area contributed by atoms with Gasteiger partial charge in [-0.1, -0.05) is 108 Å². The number of rotatable bonds is 13. The van der Waals surface area contributed by atoms with Crippen molar-refractivity contribution in [3.05, 3.63) is 128 Å². The topological polar surface area (TPSA) is 86.8 Å². The van der Waals surface area contributed by atoms with Crippen LogP contribution in [0.3, 0.4) is 0 Å². The molecule has 45 heavy (non-hydrogen) atoms. The summed E-state index contributed by atoms with van der Waals surface area (Å²) in [7, 11) is -4.27. The molecule has 0 aliphatic heterocycles. The van der Waals surface area contributed by atoms with Gasteiger partial charge in [-0.2, -0.15) is 0 Å². The van der Waals surface area contributed by atoms with Crippen LogP contribution in [0.4, 0.5) is 5.69 Å². The Morgan fingerprint density at radius 2 is 1.36 bits per heavy atom. The van der Waals surface area contributed by atoms with E-state index in [-0.39, 0.29) is 44.5 Å². The van der Waals surface area contributed by atoms with Crippen molar-refractivity contribution in [2.75, 3.05) is 17.4 Å². The van der Waals surface area contributed by atoms with E-state index >= 15 is 0 Å². The Morgan fingerprint density at radius 3 is 1.96 bits per heavy atom. The summed E-state index contributed by atoms with van der Waals surface area (Å²) in [5, 5.41) is 3.85. The second-order valence-corrected chi connectivity index (χ2v) is 13.7. The third-order valence-corrected chi connectivity index (χ3v) is 10.2. The summed E-state index contributed by atoms with van der Waals surface area (Å²) < 4.78 is 29.0. The number of carbonyl (C=O) groups is 2. The average Bonchev–Trinajstić information content (AvgIpc) is 3.04. The minimum Gasteiger partial charge on any atom is -0.354 e. The molecule has 1 atom stereocenters. The van der Waals surface area contributed by atoms with E-state index < -0.39 is 28.5 Å². The predicted octanol–water partition coefficient (Wildman–Crippen LogP) is 7.66. The molecule has 4 rings (SSSR count). The van der Waals surface area contributed by atoms with Gasteiger partial charge >= 0.3 is 0 Å². The van der Waals surface area contributed by atoms with Gasteiger partial charge in [0.1, 0.15) is 12.6 Å². The Labute approximate surface area is 283 Å². The van der Waals surface area contributed by atoms with Crippen molar-refractivity contribution in [2.24, 2.45) is 0 Å². The van der Waals surface area contributed by atoms with Gasteiger partial charge in [-0.15, -0.1) is 0 Å². The lowest BCUT2D eigenvalue weighted by molar-refractivity contribution is -0.140. The van der Waals surface area contributed by atoms with E-state index in [0.29, 0.717) is 23.6 Å². The van der Waals surface area contributed by atoms with E-state index in [4.69, 9.17) is 46.4 Å². The minimum atomic E-state index is -4.27. The molecule has 0 fully saturated rings. The normalized spacial score (nSPS) is 11.9. The zero-order valence-corrected chi connectivity index (χ0v) is 28.1. The molecule has 12 heteroatoms. The van der Waals surface area contributed by atoms with E-state index in [0.717, 1.165) is 9.87 Å². The van der Waals surface area contributed by atoms with E-state index in [1.54, 1.807) is 36.4 Å². The molecular formula is C33H31Cl4N3O4S. The molecule has 0 aliphatic carbocycles. The molecule has 0 saturated heterocycles. The van der Waals surface area contributed by atoms with Gasteiger partial charge in [0.05, 0.1) is 30.7 Å². The zero-order chi connectivity index (χ0) is 32.6. The maximum absolute atomic E-state index is 14.4. The highest BCUT2D eigenvalue weighted by Gasteiger charge is 2.34. The fourth-order valence-corrected chi connectivity index (χ4v) is 6.68. The van der Waals surface area contributed by atoms with Crippen LogP contribution in [-0.2, 0) is 32.6 Å². The van der Waals surface area contributed by atoms with Crippen molar-refractivity contribution >= 4 is 73.9 Å². The summed E-state index contributed by atoms with van der Waals surface area (Å²) in [5.41, 5.74) is 1.55. The van der Waals surface area contributed by atoms with E-state index in [9.17, 15) is 18.0 Å². The summed E-state index contributed by atoms with van der Waals surface area (Å²) in [6.07, 6.45) is 0.868. The lowest BCUT2D eigenvalue weighted by Crippen LogP contribution is -2.53. The Hall–Kier alpha value is -3.27. The first-order valence-corrected chi connectivity index (χ1v) is 17.0. The van der Waals surface area contributed by atoms with Crippen molar-refractivity contribution in [2.45, 2.75) is 37.2 Å². The molecule has 0 aromatic heterocycles. The Bertz CT molecular complexity index is 1740. The number of anilines is 1. The maximum atomic E-state index is 14.4. The highest BCUT2D eigenvalue weighted by Crippen LogP contribution is 2.31. The summed E-state index contributed by atoms with van der Waals surface area (Å²) in [6, 6.07) is 25.3. The van der Waals surface area contributed by atoms with Crippen LogP contribution in [0.5, 0.6) is 0 Å². The molecule has 1 N–H and O–H groups in total. The molecule has 0 spiro atoms. The van der Waals surface area contributed by atoms with Crippen LogP contribution in [0.25, 0.3) is 0 Å². The average molecular weight is 708 g/mol. The Balaban J connectivity index is 1.82. The fourth-order valence-electron chi connectivity index (χ4n) is 4.64. The van der Waals surface area contributed by atoms with Crippen LogP contribution in [0.1, 0.15) is 24.5 Å². The van der Waals surface area contributed by atoms with Crippen LogP contribution in [0.15, 0.2) is 102 Å².